The third-order valence-corrected chi connectivity index (χ3v) is 11.5. The number of nitrogens with zero attached hydrogens (tertiary/aromatic N) is 2. The normalized spacial score (nSPS) is 13.0. The molecule has 0 spiro atoms. The monoisotopic (exact) mass is 720 g/mol. The van der Waals surface area contributed by atoms with E-state index < -0.39 is 0 Å². The molecule has 0 saturated heterocycles. The summed E-state index contributed by atoms with van der Waals surface area (Å²) >= 11 is 0. The van der Waals surface area contributed by atoms with Crippen LogP contribution in [0.3, 0.4) is 0 Å². The number of benzene rings is 8. The van der Waals surface area contributed by atoms with Gasteiger partial charge in [0.25, 0.3) is 0 Å². The molecule has 2 heterocycles. The number of oxazole rings is 1. The Hall–Kier alpha value is -7.17. The molecule has 1 aliphatic carbocycles. The number of furan rings is 1. The molecule has 56 heavy (non-hydrogen) atoms. The molecule has 4 heteroatoms. The highest BCUT2D eigenvalue weighted by molar-refractivity contribution is 6.13. The van der Waals surface area contributed by atoms with Crippen molar-refractivity contribution in [2.24, 2.45) is 0 Å². The second-order valence-electron chi connectivity index (χ2n) is 15.1. The molecule has 0 saturated carbocycles. The van der Waals surface area contributed by atoms with Crippen molar-refractivity contribution in [3.05, 3.63) is 193 Å². The highest BCUT2D eigenvalue weighted by Crippen LogP contribution is 2.52. The van der Waals surface area contributed by atoms with Crippen molar-refractivity contribution in [3.8, 4) is 44.8 Å². The molecule has 1 aliphatic rings. The summed E-state index contributed by atoms with van der Waals surface area (Å²) in [5.74, 6) is 0.581. The number of rotatable bonds is 6. The van der Waals surface area contributed by atoms with Gasteiger partial charge < -0.3 is 13.7 Å². The van der Waals surface area contributed by atoms with Gasteiger partial charge >= 0.3 is 0 Å². The zero-order valence-electron chi connectivity index (χ0n) is 31.0. The third kappa shape index (κ3) is 4.96. The van der Waals surface area contributed by atoms with E-state index in [4.69, 9.17) is 13.8 Å². The van der Waals surface area contributed by atoms with E-state index in [2.05, 4.69) is 164 Å². The summed E-state index contributed by atoms with van der Waals surface area (Å²) in [6.07, 6.45) is 0. The maximum atomic E-state index is 6.70. The minimum absolute atomic E-state index is 0.156. The number of anilines is 3. The predicted octanol–water partition coefficient (Wildman–Crippen LogP) is 14.5. The first-order chi connectivity index (χ1) is 27.5. The fourth-order valence-corrected chi connectivity index (χ4v) is 8.86. The topological polar surface area (TPSA) is 42.4 Å². The van der Waals surface area contributed by atoms with Crippen LogP contribution in [0.5, 0.6) is 0 Å². The lowest BCUT2D eigenvalue weighted by atomic mass is 9.82. The minimum Gasteiger partial charge on any atom is -0.456 e. The average molecular weight is 721 g/mol. The number of para-hydroxylation sites is 3. The molecule has 266 valence electrons. The molecule has 0 N–H and O–H groups in total. The molecular weight excluding hydrogens is 685 g/mol. The first-order valence-corrected chi connectivity index (χ1v) is 19.1. The Morgan fingerprint density at radius 3 is 1.95 bits per heavy atom. The Morgan fingerprint density at radius 2 is 1.09 bits per heavy atom. The molecular formula is C52H36N2O2. The molecule has 10 aromatic rings. The largest absolute Gasteiger partial charge is 0.456 e. The lowest BCUT2D eigenvalue weighted by Crippen LogP contribution is -2.16. The van der Waals surface area contributed by atoms with Gasteiger partial charge in [-0.25, -0.2) is 4.98 Å². The molecule has 0 fully saturated rings. The Balaban J connectivity index is 1.13. The fraction of sp³-hybridized carbons (Fsp3) is 0.0577. The number of hydrogen-bond acceptors (Lipinski definition) is 4. The third-order valence-electron chi connectivity index (χ3n) is 11.5. The molecule has 0 aliphatic heterocycles. The summed E-state index contributed by atoms with van der Waals surface area (Å²) in [6.45, 7) is 4.68. The number of fused-ring (bicyclic) bond motifs is 7. The van der Waals surface area contributed by atoms with Gasteiger partial charge in [0.2, 0.25) is 5.89 Å². The summed E-state index contributed by atoms with van der Waals surface area (Å²) in [5, 5.41) is 2.00. The van der Waals surface area contributed by atoms with E-state index in [-0.39, 0.29) is 5.41 Å². The molecule has 0 amide bonds. The Bertz CT molecular complexity index is 3100. The van der Waals surface area contributed by atoms with Crippen LogP contribution in [0.1, 0.15) is 25.0 Å². The summed E-state index contributed by atoms with van der Waals surface area (Å²) < 4.78 is 13.0. The van der Waals surface area contributed by atoms with Crippen molar-refractivity contribution in [2.75, 3.05) is 4.90 Å². The molecule has 0 bridgehead atoms. The Morgan fingerprint density at radius 1 is 0.446 bits per heavy atom. The van der Waals surface area contributed by atoms with Crippen molar-refractivity contribution in [3.63, 3.8) is 0 Å². The van der Waals surface area contributed by atoms with E-state index in [0.717, 1.165) is 61.2 Å². The SMILES string of the molecule is CC1(C)c2ccccc2-c2ccc(N(c3ccc4c(c3)oc3cccc(-c5nc6ccccc6o5)c34)c3ccccc3-c3ccccc3-c3ccccc3)cc21. The highest BCUT2D eigenvalue weighted by Gasteiger charge is 2.36. The summed E-state index contributed by atoms with van der Waals surface area (Å²) in [6, 6.07) is 64.4. The van der Waals surface area contributed by atoms with Crippen LogP contribution in [0.4, 0.5) is 17.1 Å². The average Bonchev–Trinajstić information content (AvgIpc) is 3.92. The van der Waals surface area contributed by atoms with Crippen LogP contribution < -0.4 is 4.90 Å². The van der Waals surface area contributed by atoms with E-state index in [1.807, 2.05) is 36.4 Å². The van der Waals surface area contributed by atoms with Crippen molar-refractivity contribution >= 4 is 50.1 Å². The van der Waals surface area contributed by atoms with E-state index in [1.165, 1.54) is 38.9 Å². The van der Waals surface area contributed by atoms with Crippen LogP contribution in [0.15, 0.2) is 191 Å². The molecule has 0 radical (unpaired) electrons. The lowest BCUT2D eigenvalue weighted by molar-refractivity contribution is 0.620. The van der Waals surface area contributed by atoms with E-state index >= 15 is 0 Å². The summed E-state index contributed by atoms with van der Waals surface area (Å²) in [7, 11) is 0. The van der Waals surface area contributed by atoms with Crippen molar-refractivity contribution in [1.82, 2.24) is 4.98 Å². The van der Waals surface area contributed by atoms with Crippen molar-refractivity contribution in [2.45, 2.75) is 19.3 Å². The molecule has 0 atom stereocenters. The van der Waals surface area contributed by atoms with Crippen molar-refractivity contribution in [1.29, 1.82) is 0 Å². The lowest BCUT2D eigenvalue weighted by Gasteiger charge is -2.30. The summed E-state index contributed by atoms with van der Waals surface area (Å²) in [5.41, 5.74) is 17.0. The molecule has 8 aromatic carbocycles. The van der Waals surface area contributed by atoms with Crippen molar-refractivity contribution < 1.29 is 8.83 Å². The Labute approximate surface area is 324 Å². The number of hydrogen-bond donors (Lipinski definition) is 0. The highest BCUT2D eigenvalue weighted by atomic mass is 16.3. The van der Waals surface area contributed by atoms with Gasteiger partial charge in [-0.2, -0.15) is 0 Å². The second-order valence-corrected chi connectivity index (χ2v) is 15.1. The van der Waals surface area contributed by atoms with Gasteiger partial charge in [0.05, 0.1) is 5.69 Å². The predicted molar refractivity (Wildman–Crippen MR) is 230 cm³/mol. The standard InChI is InChI=1S/C52H36N2O2/c1-52(2)43-22-10-8-19-38(43)39-29-27-34(31-44(39)52)54(46-24-12-9-20-40(46)37-18-7-6-17-36(37)33-15-4-3-5-16-33)35-28-30-41-49(32-35)55-48-26-14-21-42(50(41)48)51-53-45-23-11-13-25-47(45)56-51/h3-32H,1-2H3. The van der Waals surface area contributed by atoms with Crippen LogP contribution in [-0.4, -0.2) is 4.98 Å². The zero-order valence-corrected chi connectivity index (χ0v) is 31.0. The smallest absolute Gasteiger partial charge is 0.228 e. The van der Waals surface area contributed by atoms with Crippen LogP contribution in [-0.2, 0) is 5.41 Å². The molecule has 11 rings (SSSR count). The Kier molecular flexibility index (Phi) is 7.17. The second kappa shape index (κ2) is 12.4. The molecule has 0 unspecified atom stereocenters. The van der Waals surface area contributed by atoms with Gasteiger partial charge in [0, 0.05) is 44.8 Å². The fourth-order valence-electron chi connectivity index (χ4n) is 8.86. The molecule has 2 aromatic heterocycles. The van der Waals surface area contributed by atoms with Gasteiger partial charge in [-0.05, 0) is 93.5 Å². The van der Waals surface area contributed by atoms with Gasteiger partial charge in [-0.15, -0.1) is 0 Å². The van der Waals surface area contributed by atoms with E-state index in [0.29, 0.717) is 5.89 Å². The minimum atomic E-state index is -0.156. The number of aromatic nitrogens is 1. The van der Waals surface area contributed by atoms with Gasteiger partial charge in [-0.3, -0.25) is 0 Å². The first kappa shape index (κ1) is 32.3. The van der Waals surface area contributed by atoms with Gasteiger partial charge in [0.1, 0.15) is 16.7 Å². The van der Waals surface area contributed by atoms with Crippen LogP contribution in [0, 0.1) is 0 Å². The van der Waals surface area contributed by atoms with E-state index in [9.17, 15) is 0 Å². The van der Waals surface area contributed by atoms with Crippen LogP contribution in [0.25, 0.3) is 77.9 Å². The maximum Gasteiger partial charge on any atom is 0.228 e. The summed E-state index contributed by atoms with van der Waals surface area (Å²) in [4.78, 5) is 7.24. The van der Waals surface area contributed by atoms with Gasteiger partial charge in [-0.1, -0.05) is 135 Å². The van der Waals surface area contributed by atoms with Crippen LogP contribution in [0.2, 0.25) is 0 Å². The van der Waals surface area contributed by atoms with Gasteiger partial charge in [0.15, 0.2) is 5.58 Å². The quantitative estimate of drug-likeness (QED) is 0.171. The molecule has 4 nitrogen and oxygen atoms in total. The first-order valence-electron chi connectivity index (χ1n) is 19.1. The maximum absolute atomic E-state index is 6.70. The van der Waals surface area contributed by atoms with Crippen LogP contribution >= 0.6 is 0 Å². The van der Waals surface area contributed by atoms with E-state index in [1.54, 1.807) is 0 Å². The zero-order chi connectivity index (χ0) is 37.4.